The van der Waals surface area contributed by atoms with Gasteiger partial charge in [0, 0.05) is 5.92 Å². The number of carbonyl (C=O) groups excluding carboxylic acids is 1. The van der Waals surface area contributed by atoms with Crippen LogP contribution in [0.4, 0.5) is 0 Å². The van der Waals surface area contributed by atoms with E-state index in [9.17, 15) is 15.0 Å². The van der Waals surface area contributed by atoms with Crippen LogP contribution in [0.3, 0.4) is 0 Å². The molecule has 1 aliphatic heterocycles. The van der Waals surface area contributed by atoms with E-state index in [0.717, 1.165) is 11.1 Å². The summed E-state index contributed by atoms with van der Waals surface area (Å²) in [6.07, 6.45) is 3.19. The van der Waals surface area contributed by atoms with Crippen LogP contribution in [0.1, 0.15) is 27.2 Å². The van der Waals surface area contributed by atoms with Gasteiger partial charge in [-0.05, 0) is 25.8 Å². The maximum absolute atomic E-state index is 11.8. The van der Waals surface area contributed by atoms with E-state index in [2.05, 4.69) is 0 Å². The molecule has 3 rings (SSSR count). The van der Waals surface area contributed by atoms with Crippen molar-refractivity contribution in [2.24, 2.45) is 17.8 Å². The van der Waals surface area contributed by atoms with Gasteiger partial charge in [-0.2, -0.15) is 0 Å². The molecule has 4 heteroatoms. The van der Waals surface area contributed by atoms with Crippen LogP contribution >= 0.6 is 0 Å². The number of aliphatic hydroxyl groups excluding tert-OH is 1. The molecule has 6 atom stereocenters. The second-order valence-corrected chi connectivity index (χ2v) is 6.31. The number of hydrogen-bond acceptors (Lipinski definition) is 4. The molecule has 19 heavy (non-hydrogen) atoms. The third-order valence-electron chi connectivity index (χ3n) is 4.93. The van der Waals surface area contributed by atoms with E-state index in [-0.39, 0.29) is 23.7 Å². The van der Waals surface area contributed by atoms with Crippen molar-refractivity contribution >= 4 is 5.97 Å². The predicted molar refractivity (Wildman–Crippen MR) is 69.1 cm³/mol. The Morgan fingerprint density at radius 3 is 2.84 bits per heavy atom. The number of esters is 1. The Morgan fingerprint density at radius 2 is 2.16 bits per heavy atom. The maximum Gasteiger partial charge on any atom is 0.309 e. The van der Waals surface area contributed by atoms with Crippen LogP contribution in [0.5, 0.6) is 0 Å². The SMILES string of the molecule is CC1=C2C=C[C@@](C)(O)[C@@H]2[C@H]2OC(=O)[C@@H](C)[C@@H]2[C@@H](O)C1. The molecule has 104 valence electrons. The Hall–Kier alpha value is -1.13. The lowest BCUT2D eigenvalue weighted by atomic mass is 9.76. The van der Waals surface area contributed by atoms with Crippen LogP contribution < -0.4 is 0 Å². The fourth-order valence-electron chi connectivity index (χ4n) is 3.87. The van der Waals surface area contributed by atoms with Crippen molar-refractivity contribution in [2.45, 2.75) is 45.0 Å². The van der Waals surface area contributed by atoms with E-state index in [1.54, 1.807) is 19.9 Å². The molecule has 4 nitrogen and oxygen atoms in total. The van der Waals surface area contributed by atoms with Gasteiger partial charge in [0.05, 0.1) is 23.5 Å². The number of hydrogen-bond donors (Lipinski definition) is 2. The minimum atomic E-state index is -1.02. The fourth-order valence-corrected chi connectivity index (χ4v) is 3.87. The summed E-state index contributed by atoms with van der Waals surface area (Å²) in [6, 6.07) is 0. The van der Waals surface area contributed by atoms with Gasteiger partial charge in [0.25, 0.3) is 0 Å². The Balaban J connectivity index is 2.10. The Labute approximate surface area is 112 Å². The zero-order valence-corrected chi connectivity index (χ0v) is 11.5. The molecule has 0 bridgehead atoms. The standard InChI is InChI=1S/C15H20O4/c1-7-6-10(16)11-8(2)14(17)19-13(11)12-9(7)4-5-15(12,3)18/h4-5,8,10-13,16,18H,6H2,1-3H3/t8-,10-,11+,12-,13-,15+/m0/s1. The van der Waals surface area contributed by atoms with Gasteiger partial charge in [0.15, 0.2) is 0 Å². The summed E-state index contributed by atoms with van der Waals surface area (Å²) >= 11 is 0. The van der Waals surface area contributed by atoms with E-state index in [0.29, 0.717) is 6.42 Å². The van der Waals surface area contributed by atoms with Crippen molar-refractivity contribution in [3.63, 3.8) is 0 Å². The molecule has 0 aromatic heterocycles. The molecule has 0 amide bonds. The molecule has 1 saturated heterocycles. The molecule has 1 heterocycles. The summed E-state index contributed by atoms with van der Waals surface area (Å²) in [5.41, 5.74) is 1.07. The van der Waals surface area contributed by atoms with E-state index < -0.39 is 17.8 Å². The van der Waals surface area contributed by atoms with E-state index >= 15 is 0 Å². The van der Waals surface area contributed by atoms with Crippen LogP contribution in [0.25, 0.3) is 0 Å². The minimum absolute atomic E-state index is 0.240. The van der Waals surface area contributed by atoms with Crippen LogP contribution in [0.2, 0.25) is 0 Å². The molecule has 2 N–H and O–H groups in total. The van der Waals surface area contributed by atoms with Crippen LogP contribution in [-0.4, -0.2) is 34.0 Å². The highest BCUT2D eigenvalue weighted by Crippen LogP contribution is 2.49. The summed E-state index contributed by atoms with van der Waals surface area (Å²) in [7, 11) is 0. The lowest BCUT2D eigenvalue weighted by Crippen LogP contribution is -2.43. The zero-order chi connectivity index (χ0) is 13.9. The smallest absolute Gasteiger partial charge is 0.309 e. The first kappa shape index (κ1) is 12.9. The summed E-state index contributed by atoms with van der Waals surface area (Å²) in [6.45, 7) is 5.51. The summed E-state index contributed by atoms with van der Waals surface area (Å²) in [5.74, 6) is -1.08. The van der Waals surface area contributed by atoms with Gasteiger partial charge in [-0.1, -0.05) is 24.6 Å². The zero-order valence-electron chi connectivity index (χ0n) is 11.5. The number of allylic oxidation sites excluding steroid dienone is 1. The molecule has 0 unspecified atom stereocenters. The molecule has 0 saturated carbocycles. The molecular formula is C15H20O4. The third-order valence-corrected chi connectivity index (χ3v) is 4.93. The highest BCUT2D eigenvalue weighted by molar-refractivity contribution is 5.75. The molecule has 0 aromatic rings. The predicted octanol–water partition coefficient (Wildman–Crippen LogP) is 1.18. The van der Waals surface area contributed by atoms with Gasteiger partial charge in [0.2, 0.25) is 0 Å². The van der Waals surface area contributed by atoms with Crippen molar-refractivity contribution in [1.29, 1.82) is 0 Å². The molecule has 0 radical (unpaired) electrons. The normalized spacial score (nSPS) is 48.9. The number of ether oxygens (including phenoxy) is 1. The highest BCUT2D eigenvalue weighted by Gasteiger charge is 2.56. The third kappa shape index (κ3) is 1.70. The first-order valence-corrected chi connectivity index (χ1v) is 6.82. The largest absolute Gasteiger partial charge is 0.461 e. The second kappa shape index (κ2) is 3.93. The maximum atomic E-state index is 11.8. The molecule has 0 spiro atoms. The minimum Gasteiger partial charge on any atom is -0.461 e. The summed E-state index contributed by atoms with van der Waals surface area (Å²) < 4.78 is 5.49. The molecule has 2 aliphatic carbocycles. The van der Waals surface area contributed by atoms with Crippen molar-refractivity contribution in [3.05, 3.63) is 23.3 Å². The van der Waals surface area contributed by atoms with Crippen molar-refractivity contribution < 1.29 is 19.7 Å². The van der Waals surface area contributed by atoms with Crippen LogP contribution in [0.15, 0.2) is 23.3 Å². The molecular weight excluding hydrogens is 244 g/mol. The summed E-state index contributed by atoms with van der Waals surface area (Å²) in [5, 5.41) is 20.9. The fraction of sp³-hybridized carbons (Fsp3) is 0.667. The number of rotatable bonds is 0. The van der Waals surface area contributed by atoms with E-state index in [1.165, 1.54) is 0 Å². The topological polar surface area (TPSA) is 66.8 Å². The molecule has 3 aliphatic rings. The Kier molecular flexibility index (Phi) is 2.67. The van der Waals surface area contributed by atoms with E-state index in [1.807, 2.05) is 13.0 Å². The number of fused-ring (bicyclic) bond motifs is 3. The van der Waals surface area contributed by atoms with Gasteiger partial charge < -0.3 is 14.9 Å². The van der Waals surface area contributed by atoms with Gasteiger partial charge >= 0.3 is 5.97 Å². The second-order valence-electron chi connectivity index (χ2n) is 6.31. The highest BCUT2D eigenvalue weighted by atomic mass is 16.6. The van der Waals surface area contributed by atoms with Crippen molar-refractivity contribution in [2.75, 3.05) is 0 Å². The monoisotopic (exact) mass is 264 g/mol. The van der Waals surface area contributed by atoms with Gasteiger partial charge in [-0.25, -0.2) is 0 Å². The molecule has 0 aromatic carbocycles. The van der Waals surface area contributed by atoms with Crippen molar-refractivity contribution in [1.82, 2.24) is 0 Å². The van der Waals surface area contributed by atoms with Gasteiger partial charge in [-0.3, -0.25) is 4.79 Å². The average Bonchev–Trinajstić information content (AvgIpc) is 2.72. The lowest BCUT2D eigenvalue weighted by Gasteiger charge is -2.33. The average molecular weight is 264 g/mol. The molecule has 1 fully saturated rings. The van der Waals surface area contributed by atoms with Crippen LogP contribution in [-0.2, 0) is 9.53 Å². The van der Waals surface area contributed by atoms with Crippen molar-refractivity contribution in [3.8, 4) is 0 Å². The van der Waals surface area contributed by atoms with Crippen LogP contribution in [0, 0.1) is 17.8 Å². The first-order valence-electron chi connectivity index (χ1n) is 6.82. The number of carbonyl (C=O) groups is 1. The lowest BCUT2D eigenvalue weighted by molar-refractivity contribution is -0.147. The quantitative estimate of drug-likeness (QED) is 0.645. The Morgan fingerprint density at radius 1 is 1.47 bits per heavy atom. The first-order chi connectivity index (χ1) is 8.83. The van der Waals surface area contributed by atoms with E-state index in [4.69, 9.17) is 4.74 Å². The summed E-state index contributed by atoms with van der Waals surface area (Å²) in [4.78, 5) is 11.8. The Bertz CT molecular complexity index is 488. The van der Waals surface area contributed by atoms with Gasteiger partial charge in [-0.15, -0.1) is 0 Å². The number of aliphatic hydroxyl groups is 2. The van der Waals surface area contributed by atoms with Gasteiger partial charge in [0.1, 0.15) is 6.10 Å².